The fourth-order valence-corrected chi connectivity index (χ4v) is 0.916. The van der Waals surface area contributed by atoms with Crippen molar-refractivity contribution in [3.63, 3.8) is 0 Å². The molecule has 1 heterocycles. The molecule has 0 spiro atoms. The normalized spacial score (nSPS) is 9.42. The Morgan fingerprint density at radius 1 is 1.50 bits per heavy atom. The minimum absolute atomic E-state index is 0.0730. The van der Waals surface area contributed by atoms with Crippen LogP contribution in [0.2, 0.25) is 0 Å². The molecule has 0 unspecified atom stereocenters. The van der Waals surface area contributed by atoms with Crippen molar-refractivity contribution in [2.24, 2.45) is 0 Å². The lowest BCUT2D eigenvalue weighted by Gasteiger charge is -2.01. The van der Waals surface area contributed by atoms with Crippen LogP contribution >= 0.6 is 11.6 Å². The van der Waals surface area contributed by atoms with E-state index in [-0.39, 0.29) is 5.91 Å². The molecule has 0 fully saturated rings. The molecule has 0 saturated carbocycles. The van der Waals surface area contributed by atoms with Crippen LogP contribution in [0.25, 0.3) is 0 Å². The quantitative estimate of drug-likeness (QED) is 0.726. The molecule has 0 saturated heterocycles. The Hall–Kier alpha value is -1.09. The fraction of sp³-hybridized carbons (Fsp3) is 0.250. The molecule has 0 radical (unpaired) electrons. The summed E-state index contributed by atoms with van der Waals surface area (Å²) < 4.78 is 0. The first-order valence-corrected chi connectivity index (χ1v) is 4.12. The van der Waals surface area contributed by atoms with Gasteiger partial charge in [0.15, 0.2) is 0 Å². The minimum Gasteiger partial charge on any atom is -0.326 e. The van der Waals surface area contributed by atoms with E-state index >= 15 is 0 Å². The van der Waals surface area contributed by atoms with Crippen molar-refractivity contribution in [2.75, 3.05) is 11.2 Å². The molecule has 3 nitrogen and oxygen atoms in total. The van der Waals surface area contributed by atoms with Crippen molar-refractivity contribution < 1.29 is 4.79 Å². The summed E-state index contributed by atoms with van der Waals surface area (Å²) in [5.74, 6) is 0.271. The molecule has 1 aromatic heterocycles. The van der Waals surface area contributed by atoms with Crippen molar-refractivity contribution in [3.05, 3.63) is 24.5 Å². The van der Waals surface area contributed by atoms with Gasteiger partial charge in [0, 0.05) is 30.4 Å². The van der Waals surface area contributed by atoms with E-state index in [1.54, 1.807) is 24.5 Å². The third-order valence-corrected chi connectivity index (χ3v) is 1.47. The van der Waals surface area contributed by atoms with Gasteiger partial charge >= 0.3 is 0 Å². The summed E-state index contributed by atoms with van der Waals surface area (Å²) in [6.07, 6.45) is 3.58. The Balaban J connectivity index is 2.47. The molecule has 0 aliphatic heterocycles. The highest BCUT2D eigenvalue weighted by molar-refractivity contribution is 6.19. The number of nitrogens with one attached hydrogen (secondary N) is 1. The van der Waals surface area contributed by atoms with Crippen molar-refractivity contribution in [1.82, 2.24) is 4.98 Å². The Bertz CT molecular complexity index is 250. The predicted octanol–water partition coefficient (Wildman–Crippen LogP) is 1.65. The van der Waals surface area contributed by atoms with E-state index in [1.807, 2.05) is 0 Å². The number of carbonyl (C=O) groups is 1. The Kier molecular flexibility index (Phi) is 3.54. The lowest BCUT2D eigenvalue weighted by molar-refractivity contribution is -0.115. The number of aromatic nitrogens is 1. The second-order valence-corrected chi connectivity index (χ2v) is 2.60. The first-order chi connectivity index (χ1) is 5.83. The van der Waals surface area contributed by atoms with Crippen LogP contribution in [-0.4, -0.2) is 16.8 Å². The molecule has 1 aromatic rings. The Morgan fingerprint density at radius 2 is 2.17 bits per heavy atom. The zero-order valence-electron chi connectivity index (χ0n) is 6.46. The molecular formula is C8H9ClN2O. The lowest BCUT2D eigenvalue weighted by Crippen LogP contribution is -2.11. The number of halogens is 1. The van der Waals surface area contributed by atoms with Crippen LogP contribution in [-0.2, 0) is 4.79 Å². The molecule has 0 bridgehead atoms. The van der Waals surface area contributed by atoms with Crippen LogP contribution in [0.5, 0.6) is 0 Å². The molecule has 0 aliphatic carbocycles. The van der Waals surface area contributed by atoms with Gasteiger partial charge in [0.25, 0.3) is 0 Å². The SMILES string of the molecule is O=C(CCCl)Nc1ccncc1. The van der Waals surface area contributed by atoms with Crippen molar-refractivity contribution in [3.8, 4) is 0 Å². The number of anilines is 1. The van der Waals surface area contributed by atoms with Gasteiger partial charge in [-0.25, -0.2) is 0 Å². The van der Waals surface area contributed by atoms with Crippen molar-refractivity contribution in [2.45, 2.75) is 6.42 Å². The van der Waals surface area contributed by atoms with E-state index < -0.39 is 0 Å². The van der Waals surface area contributed by atoms with E-state index in [1.165, 1.54) is 0 Å². The first-order valence-electron chi connectivity index (χ1n) is 3.59. The first kappa shape index (κ1) is 9.00. The van der Waals surface area contributed by atoms with Crippen LogP contribution in [0.1, 0.15) is 6.42 Å². The number of alkyl halides is 1. The van der Waals surface area contributed by atoms with Gasteiger partial charge in [-0.2, -0.15) is 0 Å². The number of nitrogens with zero attached hydrogens (tertiary/aromatic N) is 1. The number of hydrogen-bond donors (Lipinski definition) is 1. The number of amides is 1. The standard InChI is InChI=1S/C8H9ClN2O/c9-4-1-8(12)11-7-2-5-10-6-3-7/h2-3,5-6H,1,4H2,(H,10,11,12). The van der Waals surface area contributed by atoms with Crippen molar-refractivity contribution in [1.29, 1.82) is 0 Å². The summed E-state index contributed by atoms with van der Waals surface area (Å²) in [5, 5.41) is 2.68. The zero-order chi connectivity index (χ0) is 8.81. The Morgan fingerprint density at radius 3 is 2.75 bits per heavy atom. The summed E-state index contributed by atoms with van der Waals surface area (Å²) in [5.41, 5.74) is 0.750. The molecular weight excluding hydrogens is 176 g/mol. The summed E-state index contributed by atoms with van der Waals surface area (Å²) in [6.45, 7) is 0. The zero-order valence-corrected chi connectivity index (χ0v) is 7.21. The third-order valence-electron chi connectivity index (χ3n) is 1.29. The molecule has 0 aliphatic rings. The minimum atomic E-state index is -0.0730. The van der Waals surface area contributed by atoms with Gasteiger partial charge in [0.1, 0.15) is 0 Å². The van der Waals surface area contributed by atoms with E-state index in [0.717, 1.165) is 5.69 Å². The predicted molar refractivity (Wildman–Crippen MR) is 48.2 cm³/mol. The van der Waals surface area contributed by atoms with Crippen LogP contribution in [0, 0.1) is 0 Å². The van der Waals surface area contributed by atoms with E-state index in [4.69, 9.17) is 11.6 Å². The van der Waals surface area contributed by atoms with Crippen LogP contribution in [0.15, 0.2) is 24.5 Å². The highest BCUT2D eigenvalue weighted by Crippen LogP contribution is 2.03. The number of pyridine rings is 1. The maximum atomic E-state index is 11.0. The van der Waals surface area contributed by atoms with Crippen LogP contribution in [0.3, 0.4) is 0 Å². The van der Waals surface area contributed by atoms with Crippen LogP contribution in [0.4, 0.5) is 5.69 Å². The summed E-state index contributed by atoms with van der Waals surface area (Å²) in [4.78, 5) is 14.8. The van der Waals surface area contributed by atoms with Gasteiger partial charge < -0.3 is 5.32 Å². The topological polar surface area (TPSA) is 42.0 Å². The summed E-state index contributed by atoms with van der Waals surface area (Å²) in [7, 11) is 0. The van der Waals surface area contributed by atoms with Crippen molar-refractivity contribution >= 4 is 23.2 Å². The van der Waals surface area contributed by atoms with Crippen LogP contribution < -0.4 is 5.32 Å². The summed E-state index contributed by atoms with van der Waals surface area (Å²) in [6, 6.07) is 3.46. The fourth-order valence-electron chi connectivity index (χ4n) is 0.745. The molecule has 1 N–H and O–H groups in total. The third kappa shape index (κ3) is 2.88. The molecule has 4 heteroatoms. The maximum absolute atomic E-state index is 11.0. The summed E-state index contributed by atoms with van der Waals surface area (Å²) >= 11 is 5.39. The molecule has 0 atom stereocenters. The van der Waals surface area contributed by atoms with Gasteiger partial charge in [0.2, 0.25) is 5.91 Å². The lowest BCUT2D eigenvalue weighted by atomic mass is 10.4. The van der Waals surface area contributed by atoms with E-state index in [0.29, 0.717) is 12.3 Å². The number of hydrogen-bond acceptors (Lipinski definition) is 2. The highest BCUT2D eigenvalue weighted by Gasteiger charge is 1.99. The van der Waals surface area contributed by atoms with Gasteiger partial charge in [-0.3, -0.25) is 9.78 Å². The highest BCUT2D eigenvalue weighted by atomic mass is 35.5. The van der Waals surface area contributed by atoms with E-state index in [9.17, 15) is 4.79 Å². The van der Waals surface area contributed by atoms with Gasteiger partial charge in [-0.05, 0) is 12.1 Å². The molecule has 1 amide bonds. The van der Waals surface area contributed by atoms with Gasteiger partial charge in [0.05, 0.1) is 0 Å². The maximum Gasteiger partial charge on any atom is 0.225 e. The van der Waals surface area contributed by atoms with Gasteiger partial charge in [-0.1, -0.05) is 0 Å². The van der Waals surface area contributed by atoms with Gasteiger partial charge in [-0.15, -0.1) is 11.6 Å². The Labute approximate surface area is 75.8 Å². The average Bonchev–Trinajstić information content (AvgIpc) is 2.06. The number of carbonyl (C=O) groups excluding carboxylic acids is 1. The number of rotatable bonds is 3. The largest absolute Gasteiger partial charge is 0.326 e. The monoisotopic (exact) mass is 184 g/mol. The second kappa shape index (κ2) is 4.72. The molecule has 1 rings (SSSR count). The molecule has 12 heavy (non-hydrogen) atoms. The molecule has 0 aromatic carbocycles. The molecule has 64 valence electrons. The second-order valence-electron chi connectivity index (χ2n) is 2.22. The van der Waals surface area contributed by atoms with E-state index in [2.05, 4.69) is 10.3 Å². The average molecular weight is 185 g/mol. The smallest absolute Gasteiger partial charge is 0.225 e.